The molecule has 6 nitrogen and oxygen atoms in total. The molecule has 0 radical (unpaired) electrons. The molecule has 7 heteroatoms. The second-order valence-electron chi connectivity index (χ2n) is 5.63. The van der Waals surface area contributed by atoms with Crippen molar-refractivity contribution in [2.75, 3.05) is 26.8 Å². The number of halogens is 1. The molecule has 1 aromatic carbocycles. The molecule has 2 fully saturated rings. The Morgan fingerprint density at radius 2 is 2.13 bits per heavy atom. The summed E-state index contributed by atoms with van der Waals surface area (Å²) in [6, 6.07) is 4.42. The number of carbonyl (C=O) groups is 2. The first-order valence-corrected chi connectivity index (χ1v) is 8.08. The van der Waals surface area contributed by atoms with Gasteiger partial charge >= 0.3 is 0 Å². The van der Waals surface area contributed by atoms with Gasteiger partial charge in [-0.05, 0) is 37.5 Å². The molecule has 0 saturated carbocycles. The Morgan fingerprint density at radius 1 is 1.30 bits per heavy atom. The maximum Gasteiger partial charge on any atom is 0.268 e. The number of hydroxylamine groups is 2. The largest absolute Gasteiger partial charge is 0.496 e. The summed E-state index contributed by atoms with van der Waals surface area (Å²) in [5, 5.41) is 1.84. The fourth-order valence-electron chi connectivity index (χ4n) is 3.06. The van der Waals surface area contributed by atoms with Crippen LogP contribution in [-0.2, 0) is 9.63 Å². The summed E-state index contributed by atoms with van der Waals surface area (Å²) in [6.45, 7) is 1.67. The zero-order valence-electron chi connectivity index (χ0n) is 13.0. The molecule has 0 bridgehead atoms. The van der Waals surface area contributed by atoms with E-state index in [-0.39, 0.29) is 11.8 Å². The summed E-state index contributed by atoms with van der Waals surface area (Å²) >= 11 is 6.01. The monoisotopic (exact) mass is 338 g/mol. The molecule has 2 aliphatic rings. The van der Waals surface area contributed by atoms with Gasteiger partial charge in [-0.3, -0.25) is 14.4 Å². The fraction of sp³-hybridized carbons (Fsp3) is 0.500. The number of ether oxygens (including phenoxy) is 1. The van der Waals surface area contributed by atoms with E-state index in [1.54, 1.807) is 23.1 Å². The summed E-state index contributed by atoms with van der Waals surface area (Å²) in [4.78, 5) is 32.4. The Kier molecular flexibility index (Phi) is 4.73. The molecule has 0 aromatic heterocycles. The van der Waals surface area contributed by atoms with Gasteiger partial charge in [0.2, 0.25) is 0 Å². The van der Waals surface area contributed by atoms with E-state index in [1.807, 2.05) is 0 Å². The van der Waals surface area contributed by atoms with Crippen LogP contribution in [0, 0.1) is 0 Å². The van der Waals surface area contributed by atoms with E-state index in [9.17, 15) is 9.59 Å². The van der Waals surface area contributed by atoms with Gasteiger partial charge in [0.25, 0.3) is 11.8 Å². The molecule has 0 N–H and O–H groups in total. The number of nitrogens with zero attached hydrogens (tertiary/aromatic N) is 2. The molecular weight excluding hydrogens is 320 g/mol. The maximum atomic E-state index is 12.9. The average Bonchev–Trinajstić information content (AvgIpc) is 3.24. The Balaban J connectivity index is 1.83. The quantitative estimate of drug-likeness (QED) is 0.847. The van der Waals surface area contributed by atoms with Crippen LogP contribution < -0.4 is 4.74 Å². The Labute approximate surface area is 139 Å². The zero-order chi connectivity index (χ0) is 16.4. The van der Waals surface area contributed by atoms with Crippen molar-refractivity contribution in [2.45, 2.75) is 25.3 Å². The predicted octanol–water partition coefficient (Wildman–Crippen LogP) is 2.12. The third-order valence-electron chi connectivity index (χ3n) is 4.19. The highest BCUT2D eigenvalue weighted by Crippen LogP contribution is 2.28. The highest BCUT2D eigenvalue weighted by molar-refractivity contribution is 6.31. The van der Waals surface area contributed by atoms with Gasteiger partial charge in [-0.15, -0.1) is 0 Å². The lowest BCUT2D eigenvalue weighted by Crippen LogP contribution is -2.46. The average molecular weight is 339 g/mol. The minimum absolute atomic E-state index is 0.144. The first-order chi connectivity index (χ1) is 11.1. The molecule has 1 aromatic rings. The van der Waals surface area contributed by atoms with Crippen LogP contribution in [0.2, 0.25) is 5.02 Å². The second-order valence-corrected chi connectivity index (χ2v) is 6.06. The van der Waals surface area contributed by atoms with Crippen LogP contribution in [0.4, 0.5) is 0 Å². The smallest absolute Gasteiger partial charge is 0.268 e. The molecule has 2 saturated heterocycles. The summed E-state index contributed by atoms with van der Waals surface area (Å²) in [6.07, 6.45) is 2.26. The third kappa shape index (κ3) is 3.14. The zero-order valence-corrected chi connectivity index (χ0v) is 13.7. The van der Waals surface area contributed by atoms with Gasteiger partial charge < -0.3 is 9.64 Å². The molecule has 1 atom stereocenters. The van der Waals surface area contributed by atoms with Gasteiger partial charge in [0.15, 0.2) is 0 Å². The van der Waals surface area contributed by atoms with E-state index in [0.29, 0.717) is 42.5 Å². The van der Waals surface area contributed by atoms with Crippen LogP contribution in [0.3, 0.4) is 0 Å². The SMILES string of the molecule is COc1ccc(Cl)cc1C(=O)N1CCC[C@@H]1C(=O)N1CCCO1. The number of carbonyl (C=O) groups excluding carboxylic acids is 2. The molecule has 0 aliphatic carbocycles. The Hall–Kier alpha value is -1.79. The highest BCUT2D eigenvalue weighted by Gasteiger charge is 2.39. The van der Waals surface area contributed by atoms with Crippen LogP contribution in [0.5, 0.6) is 5.75 Å². The molecule has 0 unspecified atom stereocenters. The van der Waals surface area contributed by atoms with Gasteiger partial charge in [-0.1, -0.05) is 11.6 Å². The van der Waals surface area contributed by atoms with Gasteiger partial charge in [0, 0.05) is 11.6 Å². The fourth-order valence-corrected chi connectivity index (χ4v) is 3.23. The lowest BCUT2D eigenvalue weighted by molar-refractivity contribution is -0.172. The van der Waals surface area contributed by atoms with Crippen molar-refractivity contribution in [3.63, 3.8) is 0 Å². The summed E-state index contributed by atoms with van der Waals surface area (Å²) < 4.78 is 5.25. The number of methoxy groups -OCH3 is 1. The van der Waals surface area contributed by atoms with Crippen LogP contribution in [0.1, 0.15) is 29.6 Å². The molecule has 2 heterocycles. The standard InChI is InChI=1S/C16H19ClN2O4/c1-22-14-6-5-11(17)10-12(14)15(20)18-7-2-4-13(18)16(21)19-8-3-9-23-19/h5-6,10,13H,2-4,7-9H2,1H3/t13-/m1/s1. The van der Waals surface area contributed by atoms with Crippen molar-refractivity contribution in [2.24, 2.45) is 0 Å². The number of likely N-dealkylation sites (tertiary alicyclic amines) is 1. The van der Waals surface area contributed by atoms with Gasteiger partial charge in [0.1, 0.15) is 11.8 Å². The highest BCUT2D eigenvalue weighted by atomic mass is 35.5. The predicted molar refractivity (Wildman–Crippen MR) is 84.3 cm³/mol. The summed E-state index contributed by atoms with van der Waals surface area (Å²) in [7, 11) is 1.50. The third-order valence-corrected chi connectivity index (χ3v) is 4.42. The van der Waals surface area contributed by atoms with Crippen LogP contribution in [-0.4, -0.2) is 54.6 Å². The molecule has 23 heavy (non-hydrogen) atoms. The topological polar surface area (TPSA) is 59.1 Å². The molecule has 124 valence electrons. The minimum Gasteiger partial charge on any atom is -0.496 e. The van der Waals surface area contributed by atoms with E-state index in [4.69, 9.17) is 21.2 Å². The van der Waals surface area contributed by atoms with Gasteiger partial charge in [-0.2, -0.15) is 0 Å². The van der Waals surface area contributed by atoms with Crippen molar-refractivity contribution < 1.29 is 19.2 Å². The molecule has 0 spiro atoms. The Morgan fingerprint density at radius 3 is 2.83 bits per heavy atom. The summed E-state index contributed by atoms with van der Waals surface area (Å²) in [5.74, 6) is 0.0728. The van der Waals surface area contributed by atoms with E-state index in [0.717, 1.165) is 12.8 Å². The van der Waals surface area contributed by atoms with Crippen LogP contribution >= 0.6 is 11.6 Å². The molecule has 2 aliphatic heterocycles. The minimum atomic E-state index is -0.482. The number of rotatable bonds is 3. The first kappa shape index (κ1) is 16.1. The van der Waals surface area contributed by atoms with Crippen molar-refractivity contribution in [3.05, 3.63) is 28.8 Å². The first-order valence-electron chi connectivity index (χ1n) is 7.70. The maximum absolute atomic E-state index is 12.9. The van der Waals surface area contributed by atoms with E-state index >= 15 is 0 Å². The van der Waals surface area contributed by atoms with E-state index in [2.05, 4.69) is 0 Å². The number of amides is 2. The van der Waals surface area contributed by atoms with E-state index in [1.165, 1.54) is 12.2 Å². The van der Waals surface area contributed by atoms with Crippen molar-refractivity contribution >= 4 is 23.4 Å². The van der Waals surface area contributed by atoms with Crippen molar-refractivity contribution in [1.82, 2.24) is 9.96 Å². The lowest BCUT2D eigenvalue weighted by atomic mass is 10.1. The van der Waals surface area contributed by atoms with Crippen LogP contribution in [0.15, 0.2) is 18.2 Å². The normalized spacial score (nSPS) is 20.9. The molecular formula is C16H19ClN2O4. The van der Waals surface area contributed by atoms with Crippen LogP contribution in [0.25, 0.3) is 0 Å². The number of benzene rings is 1. The van der Waals surface area contributed by atoms with Crippen molar-refractivity contribution in [1.29, 1.82) is 0 Å². The van der Waals surface area contributed by atoms with Crippen molar-refractivity contribution in [3.8, 4) is 5.75 Å². The van der Waals surface area contributed by atoms with Gasteiger partial charge in [-0.25, -0.2) is 5.06 Å². The number of hydrogen-bond acceptors (Lipinski definition) is 4. The Bertz CT molecular complexity index is 616. The summed E-state index contributed by atoms with van der Waals surface area (Å²) in [5.41, 5.74) is 0.377. The molecule has 3 rings (SSSR count). The number of hydrogen-bond donors (Lipinski definition) is 0. The van der Waals surface area contributed by atoms with Gasteiger partial charge in [0.05, 0.1) is 25.8 Å². The molecule has 2 amide bonds. The van der Waals surface area contributed by atoms with E-state index < -0.39 is 6.04 Å². The lowest BCUT2D eigenvalue weighted by Gasteiger charge is -2.27. The second kappa shape index (κ2) is 6.76.